The average molecular weight is 532 g/mol. The molecule has 1 aromatic carbocycles. The number of benzene rings is 1. The molecule has 0 bridgehead atoms. The van der Waals surface area contributed by atoms with Crippen molar-refractivity contribution < 1.29 is 14.3 Å². The maximum Gasteiger partial charge on any atom is 0.241 e. The zero-order valence-electron chi connectivity index (χ0n) is 18.9. The molecule has 30 heavy (non-hydrogen) atoms. The van der Waals surface area contributed by atoms with E-state index in [1.807, 2.05) is 18.2 Å². The van der Waals surface area contributed by atoms with E-state index in [0.29, 0.717) is 18.4 Å². The molecule has 0 unspecified atom stereocenters. The summed E-state index contributed by atoms with van der Waals surface area (Å²) in [6.45, 7) is 5.66. The van der Waals surface area contributed by atoms with E-state index < -0.39 is 0 Å². The van der Waals surface area contributed by atoms with E-state index in [0.717, 1.165) is 36.4 Å². The summed E-state index contributed by atoms with van der Waals surface area (Å²) in [5.74, 6) is 2.58. The second kappa shape index (κ2) is 13.6. The molecule has 2 N–H and O–H groups in total. The molecule has 1 amide bonds. The standard InChI is InChI=1S/C22H36N4O3.HI/c1-16(2)13-23-22(25-15-20(27)26(3)4)24-14-17-9-8-12-19(28-5)21(17)29-18-10-6-7-11-18;/h8-9,12,16,18H,6-7,10-11,13-15H2,1-5H3,(H2,23,24,25);1H. The van der Waals surface area contributed by atoms with Gasteiger partial charge >= 0.3 is 0 Å². The Kier molecular flexibility index (Phi) is 11.9. The van der Waals surface area contributed by atoms with Gasteiger partial charge in [-0.25, -0.2) is 4.99 Å². The van der Waals surface area contributed by atoms with Gasteiger partial charge in [0.25, 0.3) is 0 Å². The van der Waals surface area contributed by atoms with E-state index in [1.165, 1.54) is 12.8 Å². The predicted octanol–water partition coefficient (Wildman–Crippen LogP) is 3.41. The van der Waals surface area contributed by atoms with Gasteiger partial charge in [-0.3, -0.25) is 4.79 Å². The van der Waals surface area contributed by atoms with Crippen LogP contribution in [-0.4, -0.2) is 57.2 Å². The molecule has 1 aromatic rings. The van der Waals surface area contributed by atoms with Crippen molar-refractivity contribution in [2.75, 3.05) is 34.3 Å². The molecule has 1 aliphatic carbocycles. The normalized spacial score (nSPS) is 14.3. The van der Waals surface area contributed by atoms with E-state index >= 15 is 0 Å². The number of hydrogen-bond acceptors (Lipinski definition) is 4. The molecular formula is C22H37IN4O3. The van der Waals surface area contributed by atoms with Gasteiger partial charge in [-0.15, -0.1) is 24.0 Å². The lowest BCUT2D eigenvalue weighted by molar-refractivity contribution is -0.127. The molecule has 1 saturated carbocycles. The fourth-order valence-corrected chi connectivity index (χ4v) is 3.11. The van der Waals surface area contributed by atoms with Gasteiger partial charge in [0.1, 0.15) is 0 Å². The van der Waals surface area contributed by atoms with Gasteiger partial charge in [-0.05, 0) is 37.7 Å². The molecule has 2 rings (SSSR count). The van der Waals surface area contributed by atoms with Gasteiger partial charge in [-0.1, -0.05) is 26.0 Å². The van der Waals surface area contributed by atoms with E-state index in [1.54, 1.807) is 26.1 Å². The number of guanidine groups is 1. The highest BCUT2D eigenvalue weighted by Crippen LogP contribution is 2.35. The number of hydrogen-bond donors (Lipinski definition) is 2. The van der Waals surface area contributed by atoms with Crippen molar-refractivity contribution >= 4 is 35.8 Å². The van der Waals surface area contributed by atoms with Gasteiger partial charge in [0.15, 0.2) is 17.5 Å². The quantitative estimate of drug-likeness (QED) is 0.290. The van der Waals surface area contributed by atoms with Gasteiger partial charge in [0.05, 0.1) is 26.3 Å². The minimum absolute atomic E-state index is 0. The third kappa shape index (κ3) is 8.57. The second-order valence-electron chi connectivity index (χ2n) is 8.05. The van der Waals surface area contributed by atoms with Crippen LogP contribution in [0.4, 0.5) is 0 Å². The summed E-state index contributed by atoms with van der Waals surface area (Å²) in [6, 6.07) is 5.89. The molecule has 0 saturated heterocycles. The number of methoxy groups -OCH3 is 1. The highest BCUT2D eigenvalue weighted by Gasteiger charge is 2.20. The highest BCUT2D eigenvalue weighted by molar-refractivity contribution is 14.0. The second-order valence-corrected chi connectivity index (χ2v) is 8.05. The number of rotatable bonds is 9. The predicted molar refractivity (Wildman–Crippen MR) is 132 cm³/mol. The molecule has 0 radical (unpaired) electrons. The Morgan fingerprint density at radius 3 is 2.53 bits per heavy atom. The summed E-state index contributed by atoms with van der Waals surface area (Å²) in [5, 5.41) is 6.42. The Balaban J connectivity index is 0.00000450. The van der Waals surface area contributed by atoms with Gasteiger partial charge in [0, 0.05) is 26.2 Å². The first-order chi connectivity index (χ1) is 13.9. The molecule has 7 nitrogen and oxygen atoms in total. The summed E-state index contributed by atoms with van der Waals surface area (Å²) in [6.07, 6.45) is 4.82. The summed E-state index contributed by atoms with van der Waals surface area (Å²) in [5.41, 5.74) is 0.973. The monoisotopic (exact) mass is 532 g/mol. The Labute approximate surface area is 198 Å². The maximum absolute atomic E-state index is 11.9. The van der Waals surface area contributed by atoms with Crippen LogP contribution in [0.25, 0.3) is 0 Å². The number of amides is 1. The Morgan fingerprint density at radius 1 is 1.23 bits per heavy atom. The average Bonchev–Trinajstić information content (AvgIpc) is 3.20. The van der Waals surface area contributed by atoms with E-state index in [-0.39, 0.29) is 42.5 Å². The molecule has 0 spiro atoms. The Bertz CT molecular complexity index is 689. The molecule has 0 aromatic heterocycles. The summed E-state index contributed by atoms with van der Waals surface area (Å²) in [4.78, 5) is 18.2. The Hall–Kier alpha value is -1.71. The lowest BCUT2D eigenvalue weighted by atomic mass is 10.1. The van der Waals surface area contributed by atoms with E-state index in [4.69, 9.17) is 14.5 Å². The molecular weight excluding hydrogens is 495 g/mol. The van der Waals surface area contributed by atoms with Crippen LogP contribution in [0.1, 0.15) is 45.1 Å². The molecule has 0 atom stereocenters. The molecule has 0 heterocycles. The third-order valence-corrected chi connectivity index (χ3v) is 4.86. The summed E-state index contributed by atoms with van der Waals surface area (Å²) in [7, 11) is 5.14. The minimum atomic E-state index is -0.00400. The molecule has 8 heteroatoms. The number of halogens is 1. The molecule has 170 valence electrons. The number of para-hydroxylation sites is 1. The van der Waals surface area contributed by atoms with Crippen molar-refractivity contribution in [2.45, 2.75) is 52.2 Å². The first-order valence-electron chi connectivity index (χ1n) is 10.5. The van der Waals surface area contributed by atoms with Crippen LogP contribution in [0.2, 0.25) is 0 Å². The smallest absolute Gasteiger partial charge is 0.241 e. The first kappa shape index (κ1) is 26.3. The zero-order chi connectivity index (χ0) is 21.2. The van der Waals surface area contributed by atoms with Crippen LogP contribution in [0.15, 0.2) is 23.2 Å². The largest absolute Gasteiger partial charge is 0.493 e. The van der Waals surface area contributed by atoms with Crippen LogP contribution < -0.4 is 20.1 Å². The van der Waals surface area contributed by atoms with Crippen molar-refractivity contribution in [3.8, 4) is 11.5 Å². The molecule has 0 aliphatic heterocycles. The number of carbonyl (C=O) groups is 1. The van der Waals surface area contributed by atoms with Crippen molar-refractivity contribution in [1.82, 2.24) is 15.5 Å². The maximum atomic E-state index is 11.9. The number of nitrogens with zero attached hydrogens (tertiary/aromatic N) is 2. The van der Waals surface area contributed by atoms with Crippen LogP contribution in [0.5, 0.6) is 11.5 Å². The van der Waals surface area contributed by atoms with Gasteiger partial charge in [-0.2, -0.15) is 0 Å². The number of aliphatic imine (C=N–C) groups is 1. The topological polar surface area (TPSA) is 75.2 Å². The number of likely N-dealkylation sites (N-methyl/N-ethyl adjacent to an activating group) is 1. The van der Waals surface area contributed by atoms with Crippen LogP contribution in [-0.2, 0) is 11.3 Å². The third-order valence-electron chi connectivity index (χ3n) is 4.86. The molecule has 1 fully saturated rings. The SMILES string of the molecule is COc1cccc(CN=C(NCC(=O)N(C)C)NCC(C)C)c1OC1CCCC1.I. The van der Waals surface area contributed by atoms with Crippen molar-refractivity contribution in [2.24, 2.45) is 10.9 Å². The minimum Gasteiger partial charge on any atom is -0.493 e. The van der Waals surface area contributed by atoms with Gasteiger partial charge in [0.2, 0.25) is 5.91 Å². The summed E-state index contributed by atoms with van der Waals surface area (Å²) >= 11 is 0. The van der Waals surface area contributed by atoms with Crippen molar-refractivity contribution in [3.63, 3.8) is 0 Å². The van der Waals surface area contributed by atoms with Crippen LogP contribution in [0, 0.1) is 5.92 Å². The van der Waals surface area contributed by atoms with Crippen LogP contribution in [0.3, 0.4) is 0 Å². The fraction of sp³-hybridized carbons (Fsp3) is 0.636. The van der Waals surface area contributed by atoms with E-state index in [9.17, 15) is 4.79 Å². The summed E-state index contributed by atoms with van der Waals surface area (Å²) < 4.78 is 11.8. The Morgan fingerprint density at radius 2 is 1.93 bits per heavy atom. The van der Waals surface area contributed by atoms with Gasteiger partial charge < -0.3 is 25.0 Å². The fourth-order valence-electron chi connectivity index (χ4n) is 3.11. The van der Waals surface area contributed by atoms with Crippen LogP contribution >= 0.6 is 24.0 Å². The highest BCUT2D eigenvalue weighted by atomic mass is 127. The molecule has 1 aliphatic rings. The lowest BCUT2D eigenvalue weighted by Gasteiger charge is -2.19. The zero-order valence-corrected chi connectivity index (χ0v) is 21.2. The van der Waals surface area contributed by atoms with Crippen molar-refractivity contribution in [1.29, 1.82) is 0 Å². The number of nitrogens with one attached hydrogen (secondary N) is 2. The number of carbonyl (C=O) groups excluding carboxylic acids is 1. The lowest BCUT2D eigenvalue weighted by Crippen LogP contribution is -2.44. The number of ether oxygens (including phenoxy) is 2. The first-order valence-corrected chi connectivity index (χ1v) is 10.5. The van der Waals surface area contributed by atoms with E-state index in [2.05, 4.69) is 24.5 Å². The van der Waals surface area contributed by atoms with Crippen molar-refractivity contribution in [3.05, 3.63) is 23.8 Å².